The Balaban J connectivity index is 1.93. The lowest BCUT2D eigenvalue weighted by molar-refractivity contribution is -0.154. The molecular weight excluding hydrogens is 222 g/mol. The van der Waals surface area contributed by atoms with Crippen LogP contribution in [0, 0.1) is 23.7 Å². The van der Waals surface area contributed by atoms with Crippen LogP contribution >= 0.6 is 0 Å². The minimum absolute atomic E-state index is 0.219. The highest BCUT2D eigenvalue weighted by molar-refractivity contribution is 6.08. The van der Waals surface area contributed by atoms with Crippen LogP contribution in [0.5, 0.6) is 0 Å². The zero-order chi connectivity index (χ0) is 12.3. The van der Waals surface area contributed by atoms with Gasteiger partial charge in [0.05, 0.1) is 11.8 Å². The molecule has 1 aliphatic heterocycles. The van der Waals surface area contributed by atoms with Gasteiger partial charge in [0, 0.05) is 0 Å². The summed E-state index contributed by atoms with van der Waals surface area (Å²) < 4.78 is 0. The predicted octanol–water partition coefficient (Wildman–Crippen LogP) is 0.491. The highest BCUT2D eigenvalue weighted by Gasteiger charge is 2.62. The van der Waals surface area contributed by atoms with E-state index in [2.05, 4.69) is 0 Å². The third-order valence-electron chi connectivity index (χ3n) is 4.71. The molecule has 0 aromatic rings. The number of amides is 2. The molecule has 0 spiro atoms. The first-order valence-electron chi connectivity index (χ1n) is 6.12. The molecule has 5 atom stereocenters. The molecule has 2 bridgehead atoms. The van der Waals surface area contributed by atoms with E-state index in [9.17, 15) is 14.4 Å². The summed E-state index contributed by atoms with van der Waals surface area (Å²) in [6.45, 7) is 1.40. The standard InChI is InChI=1S/C12H15NO4/c1-5(12(16)17)13-10(14)8-6-2-3-7(4-6)9(8)11(13)15/h5-9H,2-4H2,1H3,(H,16,17)/t5?,6-,7-,8-,9+/m1/s1. The SMILES string of the molecule is CC(C(=O)O)N1C(=O)[C@@H]2[C@@H]3CC[C@H](C3)[C@@H]2C1=O. The van der Waals surface area contributed by atoms with E-state index >= 15 is 0 Å². The van der Waals surface area contributed by atoms with E-state index in [0.717, 1.165) is 24.2 Å². The van der Waals surface area contributed by atoms with Gasteiger partial charge in [-0.05, 0) is 38.0 Å². The fourth-order valence-electron chi connectivity index (χ4n) is 3.92. The van der Waals surface area contributed by atoms with Gasteiger partial charge in [-0.25, -0.2) is 4.79 Å². The average Bonchev–Trinajstić information content (AvgIpc) is 2.92. The molecule has 0 radical (unpaired) electrons. The fourth-order valence-corrected chi connectivity index (χ4v) is 3.92. The Morgan fingerprint density at radius 2 is 1.71 bits per heavy atom. The molecule has 0 aromatic heterocycles. The molecule has 1 N–H and O–H groups in total. The zero-order valence-corrected chi connectivity index (χ0v) is 9.63. The summed E-state index contributed by atoms with van der Waals surface area (Å²) in [7, 11) is 0. The monoisotopic (exact) mass is 237 g/mol. The number of fused-ring (bicyclic) bond motifs is 5. The zero-order valence-electron chi connectivity index (χ0n) is 9.63. The minimum Gasteiger partial charge on any atom is -0.480 e. The minimum atomic E-state index is -1.11. The Kier molecular flexibility index (Phi) is 2.09. The maximum Gasteiger partial charge on any atom is 0.326 e. The lowest BCUT2D eigenvalue weighted by Crippen LogP contribution is -2.44. The predicted molar refractivity (Wildman–Crippen MR) is 56.8 cm³/mol. The second-order valence-electron chi connectivity index (χ2n) is 5.45. The summed E-state index contributed by atoms with van der Waals surface area (Å²) >= 11 is 0. The molecule has 17 heavy (non-hydrogen) atoms. The van der Waals surface area contributed by atoms with Gasteiger partial charge in [0.25, 0.3) is 0 Å². The molecule has 1 unspecified atom stereocenters. The van der Waals surface area contributed by atoms with Crippen LogP contribution < -0.4 is 0 Å². The highest BCUT2D eigenvalue weighted by Crippen LogP contribution is 2.56. The van der Waals surface area contributed by atoms with E-state index in [1.807, 2.05) is 0 Å². The van der Waals surface area contributed by atoms with Crippen LogP contribution in [0.2, 0.25) is 0 Å². The van der Waals surface area contributed by atoms with Crippen LogP contribution in [0.25, 0.3) is 0 Å². The van der Waals surface area contributed by atoms with Crippen molar-refractivity contribution in [1.29, 1.82) is 0 Å². The smallest absolute Gasteiger partial charge is 0.326 e. The highest BCUT2D eigenvalue weighted by atomic mass is 16.4. The summed E-state index contributed by atoms with van der Waals surface area (Å²) in [5.74, 6) is -1.42. The van der Waals surface area contributed by atoms with Crippen molar-refractivity contribution in [1.82, 2.24) is 4.90 Å². The average molecular weight is 237 g/mol. The molecule has 0 aromatic carbocycles. The van der Waals surface area contributed by atoms with Crippen LogP contribution in [-0.2, 0) is 14.4 Å². The summed E-state index contributed by atoms with van der Waals surface area (Å²) in [6.07, 6.45) is 3.00. The molecule has 2 amide bonds. The summed E-state index contributed by atoms with van der Waals surface area (Å²) in [6, 6.07) is -1.03. The number of hydrogen-bond acceptors (Lipinski definition) is 3. The molecule has 3 fully saturated rings. The van der Waals surface area contributed by atoms with Crippen LogP contribution in [0.1, 0.15) is 26.2 Å². The van der Waals surface area contributed by atoms with Gasteiger partial charge in [0.1, 0.15) is 6.04 Å². The molecule has 1 heterocycles. The van der Waals surface area contributed by atoms with Crippen molar-refractivity contribution in [3.63, 3.8) is 0 Å². The molecule has 3 aliphatic rings. The number of rotatable bonds is 2. The van der Waals surface area contributed by atoms with Gasteiger partial charge in [-0.3, -0.25) is 14.5 Å². The number of imide groups is 1. The summed E-state index contributed by atoms with van der Waals surface area (Å²) in [5.41, 5.74) is 0. The number of aliphatic carboxylic acids is 1. The molecule has 3 rings (SSSR count). The van der Waals surface area contributed by atoms with Gasteiger partial charge in [-0.1, -0.05) is 0 Å². The van der Waals surface area contributed by atoms with Crippen molar-refractivity contribution in [2.75, 3.05) is 0 Å². The first-order chi connectivity index (χ1) is 8.02. The lowest BCUT2D eigenvalue weighted by atomic mass is 9.81. The van der Waals surface area contributed by atoms with E-state index in [0.29, 0.717) is 11.8 Å². The van der Waals surface area contributed by atoms with E-state index in [1.54, 1.807) is 0 Å². The van der Waals surface area contributed by atoms with Crippen LogP contribution in [0.3, 0.4) is 0 Å². The van der Waals surface area contributed by atoms with Crippen LogP contribution in [0.4, 0.5) is 0 Å². The number of carboxylic acid groups (broad SMARTS) is 1. The van der Waals surface area contributed by atoms with Crippen molar-refractivity contribution in [2.24, 2.45) is 23.7 Å². The topological polar surface area (TPSA) is 74.7 Å². The van der Waals surface area contributed by atoms with Crippen LogP contribution in [0.15, 0.2) is 0 Å². The number of carbonyl (C=O) groups excluding carboxylic acids is 2. The normalized spacial score (nSPS) is 40.9. The maximum atomic E-state index is 12.2. The molecule has 1 saturated heterocycles. The number of carboxylic acids is 1. The fraction of sp³-hybridized carbons (Fsp3) is 0.750. The molecule has 5 nitrogen and oxygen atoms in total. The van der Waals surface area contributed by atoms with Gasteiger partial charge in [0.15, 0.2) is 0 Å². The van der Waals surface area contributed by atoms with Gasteiger partial charge < -0.3 is 5.11 Å². The van der Waals surface area contributed by atoms with Crippen molar-refractivity contribution in [2.45, 2.75) is 32.2 Å². The Bertz CT molecular complexity index is 391. The molecule has 92 valence electrons. The maximum absolute atomic E-state index is 12.2. The summed E-state index contributed by atoms with van der Waals surface area (Å²) in [5, 5.41) is 8.94. The van der Waals surface area contributed by atoms with E-state index in [-0.39, 0.29) is 23.7 Å². The Morgan fingerprint density at radius 3 is 2.12 bits per heavy atom. The third-order valence-corrected chi connectivity index (χ3v) is 4.71. The second kappa shape index (κ2) is 3.31. The summed E-state index contributed by atoms with van der Waals surface area (Å²) in [4.78, 5) is 36.3. The van der Waals surface area contributed by atoms with Crippen molar-refractivity contribution in [3.8, 4) is 0 Å². The van der Waals surface area contributed by atoms with Gasteiger partial charge in [-0.2, -0.15) is 0 Å². The first kappa shape index (κ1) is 10.7. The Morgan fingerprint density at radius 1 is 1.24 bits per heavy atom. The first-order valence-corrected chi connectivity index (χ1v) is 6.12. The van der Waals surface area contributed by atoms with Crippen molar-refractivity contribution >= 4 is 17.8 Å². The number of carbonyl (C=O) groups is 3. The lowest BCUT2D eigenvalue weighted by Gasteiger charge is -2.20. The van der Waals surface area contributed by atoms with E-state index < -0.39 is 12.0 Å². The second-order valence-corrected chi connectivity index (χ2v) is 5.45. The van der Waals surface area contributed by atoms with Crippen molar-refractivity contribution in [3.05, 3.63) is 0 Å². The van der Waals surface area contributed by atoms with E-state index in [1.165, 1.54) is 6.92 Å². The van der Waals surface area contributed by atoms with Gasteiger partial charge in [-0.15, -0.1) is 0 Å². The Hall–Kier alpha value is -1.39. The van der Waals surface area contributed by atoms with Gasteiger partial charge >= 0.3 is 5.97 Å². The van der Waals surface area contributed by atoms with Crippen LogP contribution in [-0.4, -0.2) is 33.8 Å². The molecular formula is C12H15NO4. The molecule has 2 saturated carbocycles. The van der Waals surface area contributed by atoms with Gasteiger partial charge in [0.2, 0.25) is 11.8 Å². The Labute approximate surface area is 98.8 Å². The van der Waals surface area contributed by atoms with Crippen molar-refractivity contribution < 1.29 is 19.5 Å². The number of nitrogens with zero attached hydrogens (tertiary/aromatic N) is 1. The quantitative estimate of drug-likeness (QED) is 0.709. The number of hydrogen-bond donors (Lipinski definition) is 1. The largest absolute Gasteiger partial charge is 0.480 e. The third kappa shape index (κ3) is 1.22. The number of likely N-dealkylation sites (tertiary alicyclic amines) is 1. The van der Waals surface area contributed by atoms with E-state index in [4.69, 9.17) is 5.11 Å². The molecule has 5 heteroatoms. The molecule has 2 aliphatic carbocycles.